The van der Waals surface area contributed by atoms with Gasteiger partial charge in [0.15, 0.2) is 5.82 Å². The van der Waals surface area contributed by atoms with Crippen molar-refractivity contribution in [3.8, 4) is 0 Å². The van der Waals surface area contributed by atoms with Crippen LogP contribution in [0.15, 0.2) is 12.1 Å². The highest BCUT2D eigenvalue weighted by Crippen LogP contribution is 2.22. The number of hydrogen-bond acceptors (Lipinski definition) is 2. The minimum absolute atomic E-state index is 0.169. The van der Waals surface area contributed by atoms with Crippen molar-refractivity contribution >= 4 is 22.6 Å². The molecule has 0 aliphatic rings. The second-order valence-corrected chi connectivity index (χ2v) is 5.57. The second kappa shape index (κ2) is 6.71. The third kappa shape index (κ3) is 3.35. The van der Waals surface area contributed by atoms with Gasteiger partial charge in [-0.25, -0.2) is 13.8 Å². The zero-order valence-electron chi connectivity index (χ0n) is 12.5. The summed E-state index contributed by atoms with van der Waals surface area (Å²) < 4.78 is 29.0. The van der Waals surface area contributed by atoms with Gasteiger partial charge in [0.25, 0.3) is 0 Å². The zero-order valence-corrected chi connectivity index (χ0v) is 13.3. The third-order valence-corrected chi connectivity index (χ3v) is 4.23. The van der Waals surface area contributed by atoms with Gasteiger partial charge in [0.2, 0.25) is 0 Å². The maximum Gasteiger partial charge on any atom is 0.153 e. The SMILES string of the molecule is CCC(C)N(C)CCn1c(CCl)nc2c(F)cc(F)cc21. The molecule has 0 aliphatic heterocycles. The van der Waals surface area contributed by atoms with Crippen molar-refractivity contribution in [1.29, 1.82) is 0 Å². The van der Waals surface area contributed by atoms with E-state index in [4.69, 9.17) is 11.6 Å². The van der Waals surface area contributed by atoms with Gasteiger partial charge in [-0.2, -0.15) is 0 Å². The predicted octanol–water partition coefficient (Wildman–Crippen LogP) is 3.78. The van der Waals surface area contributed by atoms with Gasteiger partial charge in [-0.05, 0) is 26.5 Å². The molecule has 0 saturated heterocycles. The number of fused-ring (bicyclic) bond motifs is 1. The first-order valence-corrected chi connectivity index (χ1v) is 7.61. The van der Waals surface area contributed by atoms with Crippen LogP contribution in [0.1, 0.15) is 26.1 Å². The van der Waals surface area contributed by atoms with Crippen LogP contribution in [-0.2, 0) is 12.4 Å². The number of benzene rings is 1. The Kier molecular flexibility index (Phi) is 5.17. The first kappa shape index (κ1) is 16.2. The van der Waals surface area contributed by atoms with Gasteiger partial charge in [-0.15, -0.1) is 11.6 Å². The van der Waals surface area contributed by atoms with Crippen molar-refractivity contribution in [3.05, 3.63) is 29.6 Å². The number of alkyl halides is 1. The summed E-state index contributed by atoms with van der Waals surface area (Å²) in [6.45, 7) is 5.64. The van der Waals surface area contributed by atoms with E-state index in [0.717, 1.165) is 19.0 Å². The summed E-state index contributed by atoms with van der Waals surface area (Å²) in [7, 11) is 2.04. The molecule has 0 N–H and O–H groups in total. The molecule has 21 heavy (non-hydrogen) atoms. The molecule has 2 aromatic rings. The highest BCUT2D eigenvalue weighted by atomic mass is 35.5. The summed E-state index contributed by atoms with van der Waals surface area (Å²) in [6.07, 6.45) is 1.05. The van der Waals surface area contributed by atoms with Crippen LogP contribution in [0.3, 0.4) is 0 Å². The van der Waals surface area contributed by atoms with E-state index in [-0.39, 0.29) is 11.4 Å². The number of likely N-dealkylation sites (N-methyl/N-ethyl adjacent to an activating group) is 1. The molecule has 116 valence electrons. The highest BCUT2D eigenvalue weighted by Gasteiger charge is 2.16. The van der Waals surface area contributed by atoms with E-state index in [2.05, 4.69) is 23.7 Å². The third-order valence-electron chi connectivity index (χ3n) is 3.99. The van der Waals surface area contributed by atoms with Crippen molar-refractivity contribution < 1.29 is 8.78 Å². The second-order valence-electron chi connectivity index (χ2n) is 5.31. The Balaban J connectivity index is 2.33. The number of halogens is 3. The van der Waals surface area contributed by atoms with E-state index in [0.29, 0.717) is 23.9 Å². The van der Waals surface area contributed by atoms with Crippen LogP contribution in [0.25, 0.3) is 11.0 Å². The Labute approximate surface area is 128 Å². The van der Waals surface area contributed by atoms with Crippen molar-refractivity contribution in [2.24, 2.45) is 0 Å². The smallest absolute Gasteiger partial charge is 0.153 e. The lowest BCUT2D eigenvalue weighted by Gasteiger charge is -2.24. The summed E-state index contributed by atoms with van der Waals surface area (Å²) >= 11 is 5.89. The maximum absolute atomic E-state index is 13.8. The molecule has 0 amide bonds. The molecule has 0 bridgehead atoms. The maximum atomic E-state index is 13.8. The van der Waals surface area contributed by atoms with Crippen LogP contribution in [0, 0.1) is 11.6 Å². The standard InChI is InChI=1S/C15H20ClF2N3/c1-4-10(2)20(3)5-6-21-13-8-11(17)7-12(18)15(13)19-14(21)9-16/h7-8,10H,4-6,9H2,1-3H3. The van der Waals surface area contributed by atoms with E-state index < -0.39 is 11.6 Å². The number of hydrogen-bond donors (Lipinski definition) is 0. The highest BCUT2D eigenvalue weighted by molar-refractivity contribution is 6.16. The van der Waals surface area contributed by atoms with Crippen LogP contribution in [-0.4, -0.2) is 34.1 Å². The number of rotatable bonds is 6. The lowest BCUT2D eigenvalue weighted by molar-refractivity contribution is 0.243. The molecular weight excluding hydrogens is 296 g/mol. The molecule has 0 spiro atoms. The molecular formula is C15H20ClF2N3. The first-order chi connectivity index (χ1) is 9.97. The summed E-state index contributed by atoms with van der Waals surface area (Å²) in [5.41, 5.74) is 0.638. The van der Waals surface area contributed by atoms with E-state index in [1.807, 2.05) is 7.05 Å². The normalized spacial score (nSPS) is 13.3. The van der Waals surface area contributed by atoms with Gasteiger partial charge >= 0.3 is 0 Å². The molecule has 1 unspecified atom stereocenters. The number of imidazole rings is 1. The lowest BCUT2D eigenvalue weighted by atomic mass is 10.2. The van der Waals surface area contributed by atoms with Crippen LogP contribution < -0.4 is 0 Å². The van der Waals surface area contributed by atoms with Gasteiger partial charge < -0.3 is 9.47 Å². The van der Waals surface area contributed by atoms with Crippen molar-refractivity contribution in [2.45, 2.75) is 38.7 Å². The largest absolute Gasteiger partial charge is 0.326 e. The van der Waals surface area contributed by atoms with Crippen molar-refractivity contribution in [1.82, 2.24) is 14.5 Å². The minimum atomic E-state index is -0.648. The van der Waals surface area contributed by atoms with Crippen LogP contribution in [0.5, 0.6) is 0 Å². The molecule has 1 aromatic carbocycles. The fourth-order valence-corrected chi connectivity index (χ4v) is 2.54. The molecule has 0 saturated carbocycles. The summed E-state index contributed by atoms with van der Waals surface area (Å²) in [5, 5.41) is 0. The average molecular weight is 316 g/mol. The zero-order chi connectivity index (χ0) is 15.6. The molecule has 1 aromatic heterocycles. The fourth-order valence-electron chi connectivity index (χ4n) is 2.34. The Morgan fingerprint density at radius 2 is 2.10 bits per heavy atom. The van der Waals surface area contributed by atoms with Gasteiger partial charge in [0.1, 0.15) is 17.2 Å². The van der Waals surface area contributed by atoms with Crippen LogP contribution >= 0.6 is 11.6 Å². The minimum Gasteiger partial charge on any atom is -0.326 e. The quantitative estimate of drug-likeness (QED) is 0.756. The summed E-state index contributed by atoms with van der Waals surface area (Å²) in [4.78, 5) is 6.39. The molecule has 1 atom stereocenters. The van der Waals surface area contributed by atoms with Crippen molar-refractivity contribution in [3.63, 3.8) is 0 Å². The fraction of sp³-hybridized carbons (Fsp3) is 0.533. The molecule has 2 rings (SSSR count). The Morgan fingerprint density at radius 1 is 1.38 bits per heavy atom. The van der Waals surface area contributed by atoms with Crippen LogP contribution in [0.4, 0.5) is 8.78 Å². The van der Waals surface area contributed by atoms with Crippen molar-refractivity contribution in [2.75, 3.05) is 13.6 Å². The molecule has 6 heteroatoms. The predicted molar refractivity (Wildman–Crippen MR) is 81.6 cm³/mol. The Hall–Kier alpha value is -1.20. The number of nitrogens with zero attached hydrogens (tertiary/aromatic N) is 3. The lowest BCUT2D eigenvalue weighted by Crippen LogP contribution is -2.31. The summed E-state index contributed by atoms with van der Waals surface area (Å²) in [5.74, 6) is -0.514. The monoisotopic (exact) mass is 315 g/mol. The molecule has 3 nitrogen and oxygen atoms in total. The van der Waals surface area contributed by atoms with E-state index >= 15 is 0 Å². The van der Waals surface area contributed by atoms with E-state index in [1.54, 1.807) is 4.57 Å². The Morgan fingerprint density at radius 3 is 2.71 bits per heavy atom. The summed E-state index contributed by atoms with van der Waals surface area (Å²) in [6, 6.07) is 2.61. The van der Waals surface area contributed by atoms with E-state index in [1.165, 1.54) is 6.07 Å². The first-order valence-electron chi connectivity index (χ1n) is 7.08. The topological polar surface area (TPSA) is 21.1 Å². The number of aromatic nitrogens is 2. The van der Waals surface area contributed by atoms with Gasteiger partial charge in [0.05, 0.1) is 11.4 Å². The van der Waals surface area contributed by atoms with E-state index in [9.17, 15) is 8.78 Å². The molecule has 0 fully saturated rings. The molecule has 1 heterocycles. The van der Waals surface area contributed by atoms with Gasteiger partial charge in [-0.1, -0.05) is 6.92 Å². The van der Waals surface area contributed by atoms with Gasteiger partial charge in [-0.3, -0.25) is 0 Å². The molecule has 0 radical (unpaired) electrons. The van der Waals surface area contributed by atoms with Crippen LogP contribution in [0.2, 0.25) is 0 Å². The Bertz CT molecular complexity index is 627. The molecule has 0 aliphatic carbocycles. The van der Waals surface area contributed by atoms with Gasteiger partial charge in [0, 0.05) is 25.2 Å². The average Bonchev–Trinajstić information content (AvgIpc) is 2.81.